The molecule has 0 saturated carbocycles. The third-order valence-corrected chi connectivity index (χ3v) is 7.34. The van der Waals surface area contributed by atoms with E-state index in [0.29, 0.717) is 4.57 Å². The molecule has 1 saturated heterocycles. The molecule has 0 amide bonds. The van der Waals surface area contributed by atoms with E-state index in [1.807, 2.05) is 4.98 Å². The Morgan fingerprint density at radius 1 is 1.14 bits per heavy atom. The molecule has 0 bridgehead atoms. The molecular formula is C15H24N2O17P2. The maximum absolute atomic E-state index is 12.8. The lowest BCUT2D eigenvalue weighted by atomic mass is 10.0. The first-order valence-corrected chi connectivity index (χ1v) is 12.7. The van der Waals surface area contributed by atoms with Gasteiger partial charge < -0.3 is 50.0 Å². The number of phosphoric ester groups is 1. The number of aliphatic hydroxyl groups excluding tert-OH is 6. The van der Waals surface area contributed by atoms with E-state index in [0.717, 1.165) is 12.3 Å². The van der Waals surface area contributed by atoms with Gasteiger partial charge in [0.15, 0.2) is 18.6 Å². The minimum Gasteiger partial charge on any atom is -0.394 e. The van der Waals surface area contributed by atoms with E-state index in [4.69, 9.17) is 24.2 Å². The SMILES string of the molecule is O=C[C@H](OP(=O)(OC[C@H]1O[C@@H](n2ccc(=O)[nH]c2=O)[C@H](O)[C@@H]1O)OP(=O)(O)O)[C@@H](O)[C@H](O)[C@H](O)CO. The number of aromatic amines is 1. The Hall–Kier alpha value is -1.67. The highest BCUT2D eigenvalue weighted by Crippen LogP contribution is 2.62. The summed E-state index contributed by atoms with van der Waals surface area (Å²) in [7, 11) is -11.2. The Bertz CT molecular complexity index is 1100. The van der Waals surface area contributed by atoms with Crippen LogP contribution in [0.3, 0.4) is 0 Å². The van der Waals surface area contributed by atoms with Crippen LogP contribution >= 0.6 is 15.6 Å². The third kappa shape index (κ3) is 7.67. The first-order valence-electron chi connectivity index (χ1n) is 9.75. The van der Waals surface area contributed by atoms with E-state index < -0.39 is 89.1 Å². The van der Waals surface area contributed by atoms with Crippen molar-refractivity contribution in [2.45, 2.75) is 49.0 Å². The molecule has 2 heterocycles. The largest absolute Gasteiger partial charge is 0.484 e. The summed E-state index contributed by atoms with van der Waals surface area (Å²) in [6.07, 6.45) is -15.4. The van der Waals surface area contributed by atoms with Crippen LogP contribution in [0.25, 0.3) is 0 Å². The van der Waals surface area contributed by atoms with Crippen molar-refractivity contribution in [2.75, 3.05) is 13.2 Å². The lowest BCUT2D eigenvalue weighted by Gasteiger charge is -2.28. The summed E-state index contributed by atoms with van der Waals surface area (Å²) in [5.74, 6) is 0. The summed E-state index contributed by atoms with van der Waals surface area (Å²) in [6.45, 7) is -2.21. The fourth-order valence-corrected chi connectivity index (χ4v) is 5.19. The van der Waals surface area contributed by atoms with Gasteiger partial charge in [0.25, 0.3) is 5.56 Å². The highest BCUT2D eigenvalue weighted by atomic mass is 31.3. The molecule has 206 valence electrons. The first-order chi connectivity index (χ1) is 16.6. The van der Waals surface area contributed by atoms with Crippen molar-refractivity contribution in [3.63, 3.8) is 0 Å². The minimum atomic E-state index is -5.69. The van der Waals surface area contributed by atoms with Crippen molar-refractivity contribution < 1.29 is 72.4 Å². The number of aldehydes is 1. The molecule has 1 aliphatic heterocycles. The van der Waals surface area contributed by atoms with Crippen molar-refractivity contribution in [3.8, 4) is 0 Å². The van der Waals surface area contributed by atoms with Crippen LogP contribution in [-0.4, -0.2) is 112 Å². The Balaban J connectivity index is 2.22. The molecule has 1 fully saturated rings. The number of hydrogen-bond donors (Lipinski definition) is 9. The molecule has 21 heteroatoms. The Kier molecular flexibility index (Phi) is 10.4. The molecule has 2 rings (SSSR count). The lowest BCUT2D eigenvalue weighted by molar-refractivity contribution is -0.136. The predicted octanol–water partition coefficient (Wildman–Crippen LogP) is -4.95. The maximum atomic E-state index is 12.8. The molecule has 36 heavy (non-hydrogen) atoms. The smallest absolute Gasteiger partial charge is 0.394 e. The summed E-state index contributed by atoms with van der Waals surface area (Å²) in [6, 6.07) is 0.899. The molecule has 0 spiro atoms. The van der Waals surface area contributed by atoms with Gasteiger partial charge in [0, 0.05) is 12.3 Å². The molecule has 1 aliphatic rings. The summed E-state index contributed by atoms with van der Waals surface area (Å²) in [5, 5.41) is 58.2. The minimum absolute atomic E-state index is 0.291. The highest BCUT2D eigenvalue weighted by Gasteiger charge is 2.47. The van der Waals surface area contributed by atoms with E-state index in [-0.39, 0.29) is 6.29 Å². The number of H-pyrrole nitrogens is 1. The van der Waals surface area contributed by atoms with Crippen LogP contribution in [0.1, 0.15) is 6.23 Å². The number of phosphoric acid groups is 2. The van der Waals surface area contributed by atoms with Crippen molar-refractivity contribution in [3.05, 3.63) is 33.1 Å². The Morgan fingerprint density at radius 2 is 1.78 bits per heavy atom. The number of hydrogen-bond acceptors (Lipinski definition) is 15. The molecule has 9 atom stereocenters. The van der Waals surface area contributed by atoms with Gasteiger partial charge in [-0.1, -0.05) is 0 Å². The first kappa shape index (κ1) is 30.6. The van der Waals surface area contributed by atoms with Crippen LogP contribution < -0.4 is 11.2 Å². The summed E-state index contributed by atoms with van der Waals surface area (Å²) < 4.78 is 43.3. The van der Waals surface area contributed by atoms with Crippen molar-refractivity contribution in [1.82, 2.24) is 9.55 Å². The van der Waals surface area contributed by atoms with Crippen LogP contribution in [0.5, 0.6) is 0 Å². The van der Waals surface area contributed by atoms with Gasteiger partial charge in [0.1, 0.15) is 36.6 Å². The lowest BCUT2D eigenvalue weighted by Crippen LogP contribution is -2.47. The average molecular weight is 566 g/mol. The zero-order chi connectivity index (χ0) is 27.4. The third-order valence-electron chi connectivity index (χ3n) is 4.72. The number of nitrogens with zero attached hydrogens (tertiary/aromatic N) is 1. The van der Waals surface area contributed by atoms with Gasteiger partial charge in [-0.15, -0.1) is 0 Å². The standard InChI is InChI=1S/C15H24N2O17P2/c18-3-6(20)10(22)11(23)7(4-19)33-36(30,34-35(27,28)29)31-5-8-12(24)13(25)14(32-8)17-2-1-9(21)16-15(17)26/h1-2,4,6-8,10-14,18,20,22-25H,3,5H2,(H,16,21,26)(H2,27,28,29)/t6-,7+,8-,10-,11-,12-,13-,14-,36?/m1/s1. The van der Waals surface area contributed by atoms with E-state index in [9.17, 15) is 49.0 Å². The van der Waals surface area contributed by atoms with Crippen LogP contribution in [0.4, 0.5) is 0 Å². The number of carbonyl (C=O) groups is 1. The van der Waals surface area contributed by atoms with Crippen LogP contribution in [-0.2, 0) is 32.0 Å². The Morgan fingerprint density at radius 3 is 2.31 bits per heavy atom. The molecule has 0 radical (unpaired) electrons. The zero-order valence-corrected chi connectivity index (χ0v) is 19.6. The van der Waals surface area contributed by atoms with Gasteiger partial charge in [-0.3, -0.25) is 23.4 Å². The van der Waals surface area contributed by atoms with Gasteiger partial charge in [0.05, 0.1) is 13.2 Å². The van der Waals surface area contributed by atoms with Crippen LogP contribution in [0.15, 0.2) is 21.9 Å². The second kappa shape index (κ2) is 12.2. The molecular weight excluding hydrogens is 542 g/mol. The molecule has 1 unspecified atom stereocenters. The van der Waals surface area contributed by atoms with Crippen LogP contribution in [0.2, 0.25) is 0 Å². The molecule has 1 aromatic rings. The van der Waals surface area contributed by atoms with E-state index in [1.165, 1.54) is 0 Å². The number of rotatable bonds is 13. The zero-order valence-electron chi connectivity index (χ0n) is 17.9. The topological polar surface area (TPSA) is 305 Å². The van der Waals surface area contributed by atoms with E-state index in [1.54, 1.807) is 0 Å². The van der Waals surface area contributed by atoms with Crippen LogP contribution in [0, 0.1) is 0 Å². The predicted molar refractivity (Wildman–Crippen MR) is 110 cm³/mol. The molecule has 0 aromatic carbocycles. The quantitative estimate of drug-likeness (QED) is 0.0797. The number of carbonyl (C=O) groups excluding carboxylic acids is 1. The fraction of sp³-hybridized carbons (Fsp3) is 0.667. The second-order valence-corrected chi connectivity index (χ2v) is 10.3. The summed E-state index contributed by atoms with van der Waals surface area (Å²) >= 11 is 0. The van der Waals surface area contributed by atoms with Gasteiger partial charge in [-0.05, 0) is 0 Å². The number of nitrogens with one attached hydrogen (secondary N) is 1. The average Bonchev–Trinajstić information content (AvgIpc) is 3.07. The second-order valence-electron chi connectivity index (χ2n) is 7.32. The van der Waals surface area contributed by atoms with E-state index >= 15 is 0 Å². The van der Waals surface area contributed by atoms with Crippen molar-refractivity contribution in [2.24, 2.45) is 0 Å². The monoisotopic (exact) mass is 566 g/mol. The number of ether oxygens (including phenoxy) is 1. The van der Waals surface area contributed by atoms with Gasteiger partial charge in [-0.25, -0.2) is 13.9 Å². The Labute approximate surface area is 199 Å². The maximum Gasteiger partial charge on any atom is 0.484 e. The highest BCUT2D eigenvalue weighted by molar-refractivity contribution is 7.61. The summed E-state index contributed by atoms with van der Waals surface area (Å²) in [4.78, 5) is 54.4. The fourth-order valence-electron chi connectivity index (χ4n) is 2.94. The van der Waals surface area contributed by atoms with E-state index in [2.05, 4.69) is 8.83 Å². The van der Waals surface area contributed by atoms with Crippen molar-refractivity contribution in [1.29, 1.82) is 0 Å². The number of aromatic nitrogens is 2. The van der Waals surface area contributed by atoms with Gasteiger partial charge in [-0.2, -0.15) is 4.31 Å². The molecule has 0 aliphatic carbocycles. The normalized spacial score (nSPS) is 27.7. The molecule has 19 nitrogen and oxygen atoms in total. The summed E-state index contributed by atoms with van der Waals surface area (Å²) in [5.41, 5.74) is -1.81. The van der Waals surface area contributed by atoms with Gasteiger partial charge in [0.2, 0.25) is 0 Å². The molecule has 1 aromatic heterocycles. The van der Waals surface area contributed by atoms with Crippen molar-refractivity contribution >= 4 is 21.9 Å². The van der Waals surface area contributed by atoms with Gasteiger partial charge >= 0.3 is 21.3 Å². The molecule has 9 N–H and O–H groups in total. The number of aliphatic hydroxyl groups is 6.